The van der Waals surface area contributed by atoms with Crippen LogP contribution in [0.3, 0.4) is 0 Å². The summed E-state index contributed by atoms with van der Waals surface area (Å²) in [6.45, 7) is 27.4. The molecule has 0 radical (unpaired) electrons. The molecular weight excluding hydrogens is 946 g/mol. The minimum atomic E-state index is -0.160. The quantitative estimate of drug-likeness (QED) is 0.142. The maximum Gasteiger partial charge on any atom is 0.256 e. The van der Waals surface area contributed by atoms with Gasteiger partial charge in [-0.25, -0.2) is 0 Å². The molecule has 0 N–H and O–H groups in total. The van der Waals surface area contributed by atoms with E-state index >= 15 is 0 Å². The Morgan fingerprint density at radius 2 is 0.641 bits per heavy atom. The van der Waals surface area contributed by atoms with Crippen LogP contribution in [0.1, 0.15) is 152 Å². The number of hydrogen-bond acceptors (Lipinski definition) is 2. The number of ether oxygens (including phenoxy) is 2. The highest BCUT2D eigenvalue weighted by molar-refractivity contribution is 7.02. The monoisotopic (exact) mass is 1010 g/mol. The number of benzene rings is 9. The highest BCUT2D eigenvalue weighted by atomic mass is 16.5. The third-order valence-corrected chi connectivity index (χ3v) is 18.5. The summed E-state index contributed by atoms with van der Waals surface area (Å²) in [6, 6.07) is 56.9. The molecule has 15 rings (SSSR count). The van der Waals surface area contributed by atoms with Crippen molar-refractivity contribution in [3.63, 3.8) is 0 Å². The molecule has 0 atom stereocenters. The van der Waals surface area contributed by atoms with Gasteiger partial charge in [-0.3, -0.25) is 0 Å². The highest BCUT2D eigenvalue weighted by Crippen LogP contribution is 2.50. The third-order valence-electron chi connectivity index (χ3n) is 18.5. The SMILES string of the molecule is CC(C)c1ccc(-c2ccc3c(c2)B2c4c(c5c6c(c4-n4c7ccc(C(C)C)cc7c7cc(C(C)C)cc2c74)Oc2ccc(-c4ccc(C(C)C)cc4)cc2B6c2cc(C(C)C)cc4c6cc(C(C)C)ccc6n-5c24)O3)cc1. The summed E-state index contributed by atoms with van der Waals surface area (Å²) >= 11 is 0. The van der Waals surface area contributed by atoms with Gasteiger partial charge in [-0.15, -0.1) is 0 Å². The van der Waals surface area contributed by atoms with Crippen molar-refractivity contribution >= 4 is 89.8 Å². The average molecular weight is 1010 g/mol. The van der Waals surface area contributed by atoms with Gasteiger partial charge >= 0.3 is 0 Å². The van der Waals surface area contributed by atoms with E-state index in [-0.39, 0.29) is 13.4 Å². The molecule has 9 aromatic carbocycles. The van der Waals surface area contributed by atoms with E-state index in [1.165, 1.54) is 132 Å². The van der Waals surface area contributed by atoms with Gasteiger partial charge in [-0.1, -0.05) is 180 Å². The molecule has 2 aromatic heterocycles. The van der Waals surface area contributed by atoms with E-state index in [0.717, 1.165) is 34.4 Å². The highest BCUT2D eigenvalue weighted by Gasteiger charge is 2.51. The molecule has 4 nitrogen and oxygen atoms in total. The van der Waals surface area contributed by atoms with Crippen molar-refractivity contribution in [2.45, 2.75) is 119 Å². The first kappa shape index (κ1) is 47.5. The molecule has 0 saturated carbocycles. The van der Waals surface area contributed by atoms with E-state index in [1.54, 1.807) is 0 Å². The van der Waals surface area contributed by atoms with Crippen LogP contribution in [-0.2, 0) is 0 Å². The fourth-order valence-electron chi connectivity index (χ4n) is 14.0. The lowest BCUT2D eigenvalue weighted by Crippen LogP contribution is -2.63. The fourth-order valence-corrected chi connectivity index (χ4v) is 14.0. The molecule has 0 fully saturated rings. The number of nitrogens with zero attached hydrogens (tertiary/aromatic N) is 2. The molecule has 0 unspecified atom stereocenters. The molecule has 382 valence electrons. The van der Waals surface area contributed by atoms with Gasteiger partial charge in [0.05, 0.1) is 22.4 Å². The Labute approximate surface area is 460 Å². The van der Waals surface area contributed by atoms with E-state index in [0.29, 0.717) is 35.5 Å². The molecule has 11 aromatic rings. The van der Waals surface area contributed by atoms with E-state index in [9.17, 15) is 0 Å². The molecule has 4 aliphatic rings. The smallest absolute Gasteiger partial charge is 0.256 e. The van der Waals surface area contributed by atoms with Gasteiger partial charge in [-0.05, 0) is 162 Å². The standard InChI is InChI=1S/C72H66B2N2O2/c1-37(2)43-13-17-45(18-14-43)49-23-27-63-57(33-49)73-59-35-51(41(9)10)31-55-53-29-47(39(5)6)21-25-61(53)75(67(55)59)69-65(73)71(77-63)70-66-72(69)78-64-28-24-50(46-19-15-44(16-20-46)38(3)4)34-58(64)74(66)60-36-52(42(11)12)32-56-54-30-48(40(7)8)22-26-62(54)76(70)68(56)60/h13-42H,1-12H3. The third kappa shape index (κ3) is 6.61. The van der Waals surface area contributed by atoms with Crippen molar-refractivity contribution in [2.24, 2.45) is 0 Å². The lowest BCUT2D eigenvalue weighted by Gasteiger charge is -2.41. The average Bonchev–Trinajstić information content (AvgIpc) is 2.61. The molecular formula is C72H66B2N2O2. The van der Waals surface area contributed by atoms with Gasteiger partial charge < -0.3 is 18.6 Å². The second-order valence-electron chi connectivity index (χ2n) is 25.2. The molecule has 0 spiro atoms. The Morgan fingerprint density at radius 3 is 1.00 bits per heavy atom. The first-order valence-corrected chi connectivity index (χ1v) is 29.0. The van der Waals surface area contributed by atoms with E-state index in [1.807, 2.05) is 0 Å². The van der Waals surface area contributed by atoms with Gasteiger partial charge in [0.25, 0.3) is 13.4 Å². The first-order valence-electron chi connectivity index (χ1n) is 29.0. The fraction of sp³-hybridized carbons (Fsp3) is 0.250. The normalized spacial score (nSPS) is 13.7. The Bertz CT molecular complexity index is 4110. The summed E-state index contributed by atoms with van der Waals surface area (Å²) in [6.07, 6.45) is 0. The van der Waals surface area contributed by atoms with Crippen LogP contribution in [0.2, 0.25) is 0 Å². The minimum Gasteiger partial charge on any atom is -0.456 e. The maximum absolute atomic E-state index is 7.87. The van der Waals surface area contributed by atoms with Gasteiger partial charge in [0.15, 0.2) is 0 Å². The molecule has 78 heavy (non-hydrogen) atoms. The molecule has 0 bridgehead atoms. The second-order valence-corrected chi connectivity index (χ2v) is 25.2. The van der Waals surface area contributed by atoms with E-state index < -0.39 is 0 Å². The summed E-state index contributed by atoms with van der Waals surface area (Å²) < 4.78 is 21.0. The topological polar surface area (TPSA) is 28.3 Å². The zero-order valence-electron chi connectivity index (χ0n) is 47.2. The summed E-state index contributed by atoms with van der Waals surface area (Å²) in [5, 5.41) is 5.16. The lowest BCUT2D eigenvalue weighted by molar-refractivity contribution is 0.472. The van der Waals surface area contributed by atoms with Crippen LogP contribution in [0.5, 0.6) is 23.0 Å². The Balaban J connectivity index is 1.12. The van der Waals surface area contributed by atoms with Crippen LogP contribution in [0.25, 0.3) is 77.2 Å². The van der Waals surface area contributed by atoms with Crippen molar-refractivity contribution in [1.29, 1.82) is 0 Å². The van der Waals surface area contributed by atoms with Crippen LogP contribution >= 0.6 is 0 Å². The molecule has 0 saturated heterocycles. The molecule has 6 heteroatoms. The summed E-state index contributed by atoms with van der Waals surface area (Å²) in [7, 11) is 0. The zero-order valence-corrected chi connectivity index (χ0v) is 47.2. The van der Waals surface area contributed by atoms with Gasteiger partial charge in [-0.2, -0.15) is 0 Å². The largest absolute Gasteiger partial charge is 0.456 e. The molecule has 0 aliphatic carbocycles. The summed E-state index contributed by atoms with van der Waals surface area (Å²) in [4.78, 5) is 0. The Hall–Kier alpha value is -7.69. The predicted octanol–water partition coefficient (Wildman–Crippen LogP) is 15.8. The lowest BCUT2D eigenvalue weighted by atomic mass is 9.31. The van der Waals surface area contributed by atoms with E-state index in [4.69, 9.17) is 9.47 Å². The summed E-state index contributed by atoms with van der Waals surface area (Å²) in [5.74, 6) is 5.95. The minimum absolute atomic E-state index is 0.160. The maximum atomic E-state index is 7.87. The van der Waals surface area contributed by atoms with Crippen molar-refractivity contribution in [3.05, 3.63) is 179 Å². The van der Waals surface area contributed by atoms with Gasteiger partial charge in [0.1, 0.15) is 23.0 Å². The molecule has 0 amide bonds. The number of fused-ring (bicyclic) bond motifs is 16. The van der Waals surface area contributed by atoms with Gasteiger partial charge in [0, 0.05) is 43.5 Å². The van der Waals surface area contributed by atoms with Crippen molar-refractivity contribution in [2.75, 3.05) is 0 Å². The van der Waals surface area contributed by atoms with Crippen molar-refractivity contribution < 1.29 is 9.47 Å². The molecule has 4 aliphatic heterocycles. The van der Waals surface area contributed by atoms with Crippen LogP contribution in [-0.4, -0.2) is 22.6 Å². The van der Waals surface area contributed by atoms with E-state index in [2.05, 4.69) is 238 Å². The second kappa shape index (κ2) is 16.9. The number of rotatable bonds is 8. The van der Waals surface area contributed by atoms with Crippen molar-refractivity contribution in [3.8, 4) is 56.6 Å². The van der Waals surface area contributed by atoms with Crippen LogP contribution in [0.4, 0.5) is 0 Å². The zero-order chi connectivity index (χ0) is 53.5. The number of aromatic nitrogens is 2. The van der Waals surface area contributed by atoms with Crippen LogP contribution in [0, 0.1) is 0 Å². The number of hydrogen-bond donors (Lipinski definition) is 0. The summed E-state index contributed by atoms with van der Waals surface area (Å²) in [5.41, 5.74) is 27.3. The Morgan fingerprint density at radius 1 is 0.308 bits per heavy atom. The molecule has 6 heterocycles. The van der Waals surface area contributed by atoms with Crippen LogP contribution in [0.15, 0.2) is 146 Å². The first-order chi connectivity index (χ1) is 37.6. The predicted molar refractivity (Wildman–Crippen MR) is 333 cm³/mol. The van der Waals surface area contributed by atoms with Crippen LogP contribution < -0.4 is 42.3 Å². The Kier molecular flexibility index (Phi) is 10.3. The van der Waals surface area contributed by atoms with Crippen molar-refractivity contribution in [1.82, 2.24) is 9.13 Å². The van der Waals surface area contributed by atoms with Gasteiger partial charge in [0.2, 0.25) is 0 Å².